The highest BCUT2D eigenvalue weighted by atomic mass is 32.2. The van der Waals surface area contributed by atoms with Crippen molar-refractivity contribution in [2.75, 3.05) is 18.6 Å². The van der Waals surface area contributed by atoms with Gasteiger partial charge in [-0.1, -0.05) is 0 Å². The lowest BCUT2D eigenvalue weighted by atomic mass is 10.1. The van der Waals surface area contributed by atoms with Gasteiger partial charge in [-0.3, -0.25) is 4.21 Å². The predicted molar refractivity (Wildman–Crippen MR) is 70.0 cm³/mol. The highest BCUT2D eigenvalue weighted by molar-refractivity contribution is 7.89. The Morgan fingerprint density at radius 2 is 1.78 bits per heavy atom. The van der Waals surface area contributed by atoms with Crippen LogP contribution in [0.5, 0.6) is 0 Å². The Morgan fingerprint density at radius 3 is 2.22 bits per heavy atom. The largest absolute Gasteiger partial charge is 0.260 e. The maximum Gasteiger partial charge on any atom is 0.241 e. The summed E-state index contributed by atoms with van der Waals surface area (Å²) in [6.45, 7) is 3.19. The molecule has 1 unspecified atom stereocenters. The average molecular weight is 293 g/mol. The summed E-state index contributed by atoms with van der Waals surface area (Å²) in [6.07, 6.45) is 1.50. The number of sulfonamides is 1. The summed E-state index contributed by atoms with van der Waals surface area (Å²) in [5.41, 5.74) is 0.718. The van der Waals surface area contributed by atoms with Crippen molar-refractivity contribution in [1.29, 1.82) is 0 Å². The van der Waals surface area contributed by atoms with Crippen LogP contribution in [-0.2, 0) is 20.8 Å². The van der Waals surface area contributed by atoms with E-state index in [0.29, 0.717) is 11.1 Å². The second-order valence-electron chi connectivity index (χ2n) is 4.04. The third-order valence-corrected chi connectivity index (χ3v) is 4.92. The van der Waals surface area contributed by atoms with Crippen LogP contribution in [0.4, 0.5) is 4.39 Å². The van der Waals surface area contributed by atoms with Gasteiger partial charge >= 0.3 is 0 Å². The molecule has 0 aromatic heterocycles. The number of nitrogens with one attached hydrogen (secondary N) is 1. The molecule has 1 aromatic carbocycles. The maximum atomic E-state index is 13.1. The van der Waals surface area contributed by atoms with Gasteiger partial charge in [0.25, 0.3) is 0 Å². The molecule has 0 heterocycles. The number of hydrogen-bond donors (Lipinski definition) is 1. The third-order valence-electron chi connectivity index (χ3n) is 2.38. The van der Waals surface area contributed by atoms with Crippen LogP contribution >= 0.6 is 0 Å². The molecule has 1 rings (SSSR count). The molecule has 0 saturated carbocycles. The smallest absolute Gasteiger partial charge is 0.241 e. The Morgan fingerprint density at radius 1 is 1.28 bits per heavy atom. The molecular weight excluding hydrogens is 277 g/mol. The molecule has 0 aliphatic carbocycles. The van der Waals surface area contributed by atoms with Crippen LogP contribution in [0.3, 0.4) is 0 Å². The third kappa shape index (κ3) is 3.86. The van der Waals surface area contributed by atoms with Gasteiger partial charge in [0, 0.05) is 29.4 Å². The van der Waals surface area contributed by atoms with E-state index in [9.17, 15) is 17.0 Å². The van der Waals surface area contributed by atoms with Gasteiger partial charge in [-0.15, -0.1) is 0 Å². The van der Waals surface area contributed by atoms with Crippen LogP contribution < -0.4 is 4.72 Å². The van der Waals surface area contributed by atoms with E-state index in [1.807, 2.05) is 0 Å². The molecule has 1 atom stereocenters. The van der Waals surface area contributed by atoms with Crippen LogP contribution in [0.2, 0.25) is 0 Å². The predicted octanol–water partition coefficient (Wildman–Crippen LogP) is 1.10. The summed E-state index contributed by atoms with van der Waals surface area (Å²) in [5, 5.41) is 0. The lowest BCUT2D eigenvalue weighted by Crippen LogP contribution is -2.29. The molecule has 0 radical (unpaired) electrons. The van der Waals surface area contributed by atoms with E-state index >= 15 is 0 Å². The van der Waals surface area contributed by atoms with E-state index in [2.05, 4.69) is 4.72 Å². The molecular formula is C11H16FNO3S2. The zero-order valence-corrected chi connectivity index (χ0v) is 12.1. The first-order valence-electron chi connectivity index (χ1n) is 5.30. The first-order chi connectivity index (χ1) is 8.24. The molecule has 0 bridgehead atoms. The zero-order chi connectivity index (χ0) is 13.9. The lowest BCUT2D eigenvalue weighted by molar-refractivity contribution is 0.581. The Kier molecular flexibility index (Phi) is 5.01. The summed E-state index contributed by atoms with van der Waals surface area (Å²) in [5.74, 6) is -0.211. The van der Waals surface area contributed by atoms with Gasteiger partial charge in [-0.25, -0.2) is 17.5 Å². The van der Waals surface area contributed by atoms with Crippen LogP contribution in [0.25, 0.3) is 0 Å². The SMILES string of the molecule is Cc1cc(F)cc(C)c1S(=O)(=O)NCCS(C)=O. The summed E-state index contributed by atoms with van der Waals surface area (Å²) in [4.78, 5) is 0.0887. The van der Waals surface area contributed by atoms with Crippen molar-refractivity contribution in [3.8, 4) is 0 Å². The molecule has 0 fully saturated rings. The topological polar surface area (TPSA) is 63.2 Å². The first-order valence-corrected chi connectivity index (χ1v) is 8.51. The van der Waals surface area contributed by atoms with E-state index < -0.39 is 26.6 Å². The van der Waals surface area contributed by atoms with Crippen LogP contribution in [0.15, 0.2) is 17.0 Å². The summed E-state index contributed by atoms with van der Waals surface area (Å²) >= 11 is 0. The number of hydrogen-bond acceptors (Lipinski definition) is 3. The van der Waals surface area contributed by atoms with Gasteiger partial charge < -0.3 is 0 Å². The van der Waals surface area contributed by atoms with Gasteiger partial charge in [0.05, 0.1) is 4.90 Å². The fourth-order valence-electron chi connectivity index (χ4n) is 1.71. The number of aryl methyl sites for hydroxylation is 2. The van der Waals surface area contributed by atoms with Crippen molar-refractivity contribution in [3.63, 3.8) is 0 Å². The van der Waals surface area contributed by atoms with E-state index in [1.54, 1.807) is 13.8 Å². The van der Waals surface area contributed by atoms with Gasteiger partial charge in [-0.05, 0) is 37.1 Å². The van der Waals surface area contributed by atoms with Crippen molar-refractivity contribution < 1.29 is 17.0 Å². The van der Waals surface area contributed by atoms with Gasteiger partial charge in [-0.2, -0.15) is 0 Å². The van der Waals surface area contributed by atoms with Crippen LogP contribution in [0, 0.1) is 19.7 Å². The molecule has 0 amide bonds. The van der Waals surface area contributed by atoms with E-state index in [-0.39, 0.29) is 17.2 Å². The minimum Gasteiger partial charge on any atom is -0.260 e. The minimum absolute atomic E-state index is 0.0887. The van der Waals surface area contributed by atoms with Crippen molar-refractivity contribution in [3.05, 3.63) is 29.1 Å². The molecule has 18 heavy (non-hydrogen) atoms. The molecule has 4 nitrogen and oxygen atoms in total. The average Bonchev–Trinajstić information content (AvgIpc) is 2.13. The highest BCUT2D eigenvalue weighted by Crippen LogP contribution is 2.20. The lowest BCUT2D eigenvalue weighted by Gasteiger charge is -2.11. The molecule has 1 N–H and O–H groups in total. The normalized spacial score (nSPS) is 13.6. The zero-order valence-electron chi connectivity index (χ0n) is 10.5. The second-order valence-corrected chi connectivity index (χ2v) is 7.30. The highest BCUT2D eigenvalue weighted by Gasteiger charge is 2.19. The minimum atomic E-state index is -3.69. The molecule has 0 aliphatic heterocycles. The molecule has 1 aromatic rings. The maximum absolute atomic E-state index is 13.1. The van der Waals surface area contributed by atoms with E-state index in [1.165, 1.54) is 18.4 Å². The quantitative estimate of drug-likeness (QED) is 0.884. The Hall–Kier alpha value is -0.790. The number of halogens is 1. The molecule has 0 aliphatic rings. The molecule has 102 valence electrons. The molecule has 0 spiro atoms. The van der Waals surface area contributed by atoms with Crippen LogP contribution in [-0.4, -0.2) is 31.2 Å². The Labute approximate surface area is 109 Å². The van der Waals surface area contributed by atoms with E-state index in [0.717, 1.165) is 0 Å². The van der Waals surface area contributed by atoms with Crippen molar-refractivity contribution in [2.45, 2.75) is 18.7 Å². The summed E-state index contributed by atoms with van der Waals surface area (Å²) < 4.78 is 50.4. The fraction of sp³-hybridized carbons (Fsp3) is 0.455. The molecule has 7 heteroatoms. The second kappa shape index (κ2) is 5.90. The monoisotopic (exact) mass is 293 g/mol. The fourth-order valence-corrected chi connectivity index (χ4v) is 3.71. The van der Waals surface area contributed by atoms with Crippen molar-refractivity contribution in [2.24, 2.45) is 0 Å². The van der Waals surface area contributed by atoms with Crippen molar-refractivity contribution in [1.82, 2.24) is 4.72 Å². The van der Waals surface area contributed by atoms with Gasteiger partial charge in [0.15, 0.2) is 0 Å². The summed E-state index contributed by atoms with van der Waals surface area (Å²) in [7, 11) is -4.74. The van der Waals surface area contributed by atoms with Crippen LogP contribution in [0.1, 0.15) is 11.1 Å². The Bertz CT molecular complexity index is 547. The summed E-state index contributed by atoms with van der Waals surface area (Å²) in [6, 6.07) is 2.36. The Balaban J connectivity index is 3.02. The van der Waals surface area contributed by atoms with Gasteiger partial charge in [0.1, 0.15) is 5.82 Å². The van der Waals surface area contributed by atoms with Crippen molar-refractivity contribution >= 4 is 20.8 Å². The molecule has 0 saturated heterocycles. The first kappa shape index (κ1) is 15.3. The van der Waals surface area contributed by atoms with Gasteiger partial charge in [0.2, 0.25) is 10.0 Å². The van der Waals surface area contributed by atoms with E-state index in [4.69, 9.17) is 0 Å². The number of benzene rings is 1. The standard InChI is InChI=1S/C11H16FNO3S2/c1-8-6-10(12)7-9(2)11(8)18(15,16)13-4-5-17(3)14/h6-7,13H,4-5H2,1-3H3. The number of rotatable bonds is 5.